The van der Waals surface area contributed by atoms with E-state index in [1.54, 1.807) is 48.1 Å². The first-order valence-electron chi connectivity index (χ1n) is 11.5. The van der Waals surface area contributed by atoms with Crippen molar-refractivity contribution in [2.24, 2.45) is 7.05 Å². The van der Waals surface area contributed by atoms with Crippen LogP contribution in [-0.4, -0.2) is 48.0 Å². The summed E-state index contributed by atoms with van der Waals surface area (Å²) in [6.07, 6.45) is 0. The van der Waals surface area contributed by atoms with Crippen LogP contribution in [0.5, 0.6) is 17.4 Å². The normalized spacial score (nSPS) is 10.8. The topological polar surface area (TPSA) is 65.8 Å². The fraction of sp³-hybridized carbons (Fsp3) is 0.214. The molecular weight excluding hydrogens is 478 g/mol. The highest BCUT2D eigenvalue weighted by atomic mass is 35.5. The van der Waals surface area contributed by atoms with Gasteiger partial charge in [0.15, 0.2) is 0 Å². The van der Waals surface area contributed by atoms with Gasteiger partial charge in [-0.05, 0) is 36.4 Å². The number of hydrogen-bond acceptors (Lipinski definition) is 5. The zero-order valence-corrected chi connectivity index (χ0v) is 21.2. The highest BCUT2D eigenvalue weighted by Crippen LogP contribution is 2.35. The van der Waals surface area contributed by atoms with Gasteiger partial charge in [0.2, 0.25) is 5.88 Å². The fourth-order valence-electron chi connectivity index (χ4n) is 3.86. The van der Waals surface area contributed by atoms with Gasteiger partial charge in [0.1, 0.15) is 17.2 Å². The maximum atomic E-state index is 13.6. The minimum atomic E-state index is -0.198. The molecular formula is C28H28ClN3O4. The van der Waals surface area contributed by atoms with E-state index >= 15 is 0 Å². The number of aromatic nitrogens is 2. The second-order valence-electron chi connectivity index (χ2n) is 8.10. The Kier molecular flexibility index (Phi) is 8.25. The Labute approximate surface area is 215 Å². The quantitative estimate of drug-likeness (QED) is 0.271. The standard InChI is InChI=1S/C28H28ClN3O4/c1-31-28(36-22-15-13-21(35-3)14-16-22)24(26(30-31)20-9-5-4-6-10-20)19-32(17-18-34-2)27(33)23-11-7-8-12-25(23)29/h4-16H,17-19H2,1-3H3. The SMILES string of the molecule is COCCN(Cc1c(-c2ccccc2)nn(C)c1Oc1ccc(OC)cc1)C(=O)c1ccccc1Cl. The minimum absolute atomic E-state index is 0.198. The van der Waals surface area contributed by atoms with Crippen molar-refractivity contribution in [2.75, 3.05) is 27.4 Å². The van der Waals surface area contributed by atoms with Crippen molar-refractivity contribution in [1.29, 1.82) is 0 Å². The molecule has 36 heavy (non-hydrogen) atoms. The van der Waals surface area contributed by atoms with Crippen molar-refractivity contribution in [3.8, 4) is 28.6 Å². The molecule has 0 aliphatic rings. The molecule has 0 fully saturated rings. The summed E-state index contributed by atoms with van der Waals surface area (Å²) in [7, 11) is 5.05. The number of methoxy groups -OCH3 is 2. The summed E-state index contributed by atoms with van der Waals surface area (Å²) >= 11 is 6.36. The van der Waals surface area contributed by atoms with Gasteiger partial charge in [-0.1, -0.05) is 54.1 Å². The molecule has 1 aromatic heterocycles. The van der Waals surface area contributed by atoms with Crippen LogP contribution in [-0.2, 0) is 18.3 Å². The largest absolute Gasteiger partial charge is 0.497 e. The Morgan fingerprint density at radius 1 is 0.944 bits per heavy atom. The summed E-state index contributed by atoms with van der Waals surface area (Å²) in [5.74, 6) is 1.69. The number of nitrogens with zero attached hydrogens (tertiary/aromatic N) is 3. The van der Waals surface area contributed by atoms with Gasteiger partial charge in [0.25, 0.3) is 5.91 Å². The third-order valence-corrected chi connectivity index (χ3v) is 6.04. The molecule has 1 amide bonds. The van der Waals surface area contributed by atoms with E-state index in [4.69, 9.17) is 30.9 Å². The van der Waals surface area contributed by atoms with Crippen LogP contribution >= 0.6 is 11.6 Å². The number of carbonyl (C=O) groups excluding carboxylic acids is 1. The van der Waals surface area contributed by atoms with Crippen LogP contribution in [0.2, 0.25) is 5.02 Å². The Balaban J connectivity index is 1.76. The van der Waals surface area contributed by atoms with Crippen molar-refractivity contribution in [1.82, 2.24) is 14.7 Å². The van der Waals surface area contributed by atoms with E-state index in [-0.39, 0.29) is 12.5 Å². The number of aryl methyl sites for hydroxylation is 1. The van der Waals surface area contributed by atoms with Gasteiger partial charge in [0, 0.05) is 26.3 Å². The van der Waals surface area contributed by atoms with E-state index in [1.165, 1.54) is 0 Å². The van der Waals surface area contributed by atoms with Crippen molar-refractivity contribution in [3.05, 3.63) is 95.0 Å². The van der Waals surface area contributed by atoms with E-state index in [9.17, 15) is 4.79 Å². The number of benzene rings is 3. The number of amides is 1. The van der Waals surface area contributed by atoms with Gasteiger partial charge < -0.3 is 19.1 Å². The molecule has 4 rings (SSSR count). The lowest BCUT2D eigenvalue weighted by Gasteiger charge is -2.24. The molecule has 0 aliphatic heterocycles. The fourth-order valence-corrected chi connectivity index (χ4v) is 4.07. The first-order chi connectivity index (χ1) is 17.5. The first-order valence-corrected chi connectivity index (χ1v) is 11.9. The highest BCUT2D eigenvalue weighted by molar-refractivity contribution is 6.33. The average molecular weight is 506 g/mol. The van der Waals surface area contributed by atoms with Crippen LogP contribution in [0.15, 0.2) is 78.9 Å². The van der Waals surface area contributed by atoms with Gasteiger partial charge in [-0.3, -0.25) is 4.79 Å². The average Bonchev–Trinajstić information content (AvgIpc) is 3.21. The molecule has 0 saturated heterocycles. The molecule has 0 N–H and O–H groups in total. The molecule has 186 valence electrons. The Hall–Kier alpha value is -3.81. The van der Waals surface area contributed by atoms with Gasteiger partial charge in [0.05, 0.1) is 36.4 Å². The molecule has 7 nitrogen and oxygen atoms in total. The molecule has 0 bridgehead atoms. The number of rotatable bonds is 10. The third-order valence-electron chi connectivity index (χ3n) is 5.71. The Morgan fingerprint density at radius 2 is 1.61 bits per heavy atom. The van der Waals surface area contributed by atoms with Crippen LogP contribution in [0.25, 0.3) is 11.3 Å². The van der Waals surface area contributed by atoms with Crippen LogP contribution < -0.4 is 9.47 Å². The number of halogens is 1. The van der Waals surface area contributed by atoms with E-state index < -0.39 is 0 Å². The second-order valence-corrected chi connectivity index (χ2v) is 8.51. The van der Waals surface area contributed by atoms with E-state index in [0.29, 0.717) is 35.4 Å². The predicted octanol–water partition coefficient (Wildman–Crippen LogP) is 5.83. The summed E-state index contributed by atoms with van der Waals surface area (Å²) in [4.78, 5) is 15.3. The molecule has 0 unspecified atom stereocenters. The highest BCUT2D eigenvalue weighted by Gasteiger charge is 2.26. The Morgan fingerprint density at radius 3 is 2.28 bits per heavy atom. The molecule has 0 atom stereocenters. The molecule has 0 saturated carbocycles. The van der Waals surface area contributed by atoms with Crippen molar-refractivity contribution in [2.45, 2.75) is 6.54 Å². The summed E-state index contributed by atoms with van der Waals surface area (Å²) in [5.41, 5.74) is 2.86. The first kappa shape index (κ1) is 25.3. The smallest absolute Gasteiger partial charge is 0.255 e. The van der Waals surface area contributed by atoms with E-state index in [1.807, 2.05) is 61.6 Å². The van der Waals surface area contributed by atoms with Crippen LogP contribution in [0, 0.1) is 0 Å². The summed E-state index contributed by atoms with van der Waals surface area (Å²) in [5, 5.41) is 5.16. The van der Waals surface area contributed by atoms with Crippen molar-refractivity contribution < 1.29 is 19.0 Å². The van der Waals surface area contributed by atoms with Crippen LogP contribution in [0.1, 0.15) is 15.9 Å². The predicted molar refractivity (Wildman–Crippen MR) is 140 cm³/mol. The lowest BCUT2D eigenvalue weighted by Crippen LogP contribution is -2.33. The van der Waals surface area contributed by atoms with Crippen LogP contribution in [0.3, 0.4) is 0 Å². The van der Waals surface area contributed by atoms with Gasteiger partial charge in [-0.15, -0.1) is 0 Å². The van der Waals surface area contributed by atoms with Crippen LogP contribution in [0.4, 0.5) is 0 Å². The Bertz CT molecular complexity index is 1310. The summed E-state index contributed by atoms with van der Waals surface area (Å²) in [6, 6.07) is 24.2. The monoisotopic (exact) mass is 505 g/mol. The zero-order chi connectivity index (χ0) is 25.5. The molecule has 8 heteroatoms. The lowest BCUT2D eigenvalue weighted by atomic mass is 10.1. The lowest BCUT2D eigenvalue weighted by molar-refractivity contribution is 0.0679. The maximum absolute atomic E-state index is 13.6. The number of ether oxygens (including phenoxy) is 3. The molecule has 4 aromatic rings. The van der Waals surface area contributed by atoms with Gasteiger partial charge in [-0.2, -0.15) is 5.10 Å². The van der Waals surface area contributed by atoms with E-state index in [0.717, 1.165) is 22.6 Å². The summed E-state index contributed by atoms with van der Waals surface area (Å²) in [6.45, 7) is 0.981. The van der Waals surface area contributed by atoms with E-state index in [2.05, 4.69) is 0 Å². The molecule has 1 heterocycles. The van der Waals surface area contributed by atoms with Crippen molar-refractivity contribution >= 4 is 17.5 Å². The number of carbonyl (C=O) groups is 1. The van der Waals surface area contributed by atoms with Crippen molar-refractivity contribution in [3.63, 3.8) is 0 Å². The molecule has 0 spiro atoms. The second kappa shape index (κ2) is 11.7. The maximum Gasteiger partial charge on any atom is 0.255 e. The molecule has 0 aliphatic carbocycles. The molecule has 0 radical (unpaired) electrons. The number of hydrogen-bond donors (Lipinski definition) is 0. The molecule has 3 aromatic carbocycles. The minimum Gasteiger partial charge on any atom is -0.497 e. The third kappa shape index (κ3) is 5.70. The summed E-state index contributed by atoms with van der Waals surface area (Å²) < 4.78 is 18.6. The van der Waals surface area contributed by atoms with Gasteiger partial charge >= 0.3 is 0 Å². The van der Waals surface area contributed by atoms with Gasteiger partial charge in [-0.25, -0.2) is 4.68 Å². The zero-order valence-electron chi connectivity index (χ0n) is 20.5.